The van der Waals surface area contributed by atoms with Crippen LogP contribution in [-0.2, 0) is 15.1 Å². The molecule has 5 nitrogen and oxygen atoms in total. The van der Waals surface area contributed by atoms with Gasteiger partial charge in [-0.3, -0.25) is 4.90 Å². The molecule has 1 N–H and O–H groups in total. The van der Waals surface area contributed by atoms with Gasteiger partial charge in [-0.25, -0.2) is 4.79 Å². The molecule has 0 radical (unpaired) electrons. The first-order chi connectivity index (χ1) is 8.11. The van der Waals surface area contributed by atoms with Crippen LogP contribution < -0.4 is 0 Å². The summed E-state index contributed by atoms with van der Waals surface area (Å²) in [6, 6.07) is -0.627. The molecule has 1 heterocycles. The molecule has 0 aromatic heterocycles. The number of aliphatic carboxylic acids is 1. The van der Waals surface area contributed by atoms with E-state index in [0.29, 0.717) is 0 Å². The second kappa shape index (κ2) is 4.85. The normalized spacial score (nSPS) is 24.8. The Labute approximate surface area is 101 Å². The highest BCUT2D eigenvalue weighted by molar-refractivity contribution is 7.73. The summed E-state index contributed by atoms with van der Waals surface area (Å²) in [5.41, 5.74) is 0.133. The second-order valence-electron chi connectivity index (χ2n) is 4.07. The number of likely N-dealkylation sites (tertiary alicyclic amines) is 1. The molecule has 0 amide bonds. The van der Waals surface area contributed by atoms with Crippen LogP contribution in [0.4, 0.5) is 0 Å². The minimum absolute atomic E-state index is 0.133. The van der Waals surface area contributed by atoms with Crippen LogP contribution in [0.25, 0.3) is 0 Å². The molecule has 0 saturated carbocycles. The summed E-state index contributed by atoms with van der Waals surface area (Å²) in [4.78, 5) is 13.2. The van der Waals surface area contributed by atoms with Crippen LogP contribution in [-0.4, -0.2) is 48.4 Å². The monoisotopic (exact) mass is 255 g/mol. The van der Waals surface area contributed by atoms with E-state index >= 15 is 0 Å². The Balaban J connectivity index is 2.46. The first-order valence-electron chi connectivity index (χ1n) is 5.43. The van der Waals surface area contributed by atoms with E-state index in [1.165, 1.54) is 18.2 Å². The van der Waals surface area contributed by atoms with Crippen molar-refractivity contribution in [3.8, 4) is 0 Å². The van der Waals surface area contributed by atoms with Gasteiger partial charge in [0.15, 0.2) is 0 Å². The molecule has 1 unspecified atom stereocenters. The van der Waals surface area contributed by atoms with Crippen molar-refractivity contribution in [3.05, 3.63) is 23.8 Å². The Morgan fingerprint density at radius 3 is 2.53 bits per heavy atom. The molecule has 6 heteroatoms. The number of rotatable bonds is 2. The molecule has 1 atom stereocenters. The summed E-state index contributed by atoms with van der Waals surface area (Å²) in [6.07, 6.45) is 6.37. The van der Waals surface area contributed by atoms with Crippen LogP contribution in [0, 0.1) is 0 Å². The molecule has 0 aromatic carbocycles. The molecule has 0 bridgehead atoms. The van der Waals surface area contributed by atoms with Crippen molar-refractivity contribution >= 4 is 21.1 Å². The standard InChI is InChI=1S/C11H13NO4S/c13-11(14)8-4-3-5-9(17(15)16)10(8)12-6-1-2-7-12/h3-5,10H,1-2,6-7H2,(H,13,14). The van der Waals surface area contributed by atoms with E-state index in [1.807, 2.05) is 4.90 Å². The molecule has 1 aliphatic carbocycles. The molecular weight excluding hydrogens is 242 g/mol. The maximum absolute atomic E-state index is 11.2. The van der Waals surface area contributed by atoms with E-state index in [4.69, 9.17) is 5.11 Å². The Bertz CT molecular complexity index is 516. The smallest absolute Gasteiger partial charge is 0.333 e. The molecule has 2 aliphatic rings. The van der Waals surface area contributed by atoms with Gasteiger partial charge in [-0.1, -0.05) is 6.08 Å². The van der Waals surface area contributed by atoms with Crippen LogP contribution in [0.2, 0.25) is 0 Å². The maximum Gasteiger partial charge on any atom is 0.333 e. The van der Waals surface area contributed by atoms with E-state index < -0.39 is 22.3 Å². The number of carboxylic acid groups (broad SMARTS) is 1. The van der Waals surface area contributed by atoms with E-state index in [9.17, 15) is 13.2 Å². The number of nitrogens with zero attached hydrogens (tertiary/aromatic N) is 1. The van der Waals surface area contributed by atoms with Crippen LogP contribution in [0.5, 0.6) is 0 Å². The van der Waals surface area contributed by atoms with Crippen LogP contribution in [0.1, 0.15) is 12.8 Å². The lowest BCUT2D eigenvalue weighted by atomic mass is 9.97. The quantitative estimate of drug-likeness (QED) is 0.707. The van der Waals surface area contributed by atoms with Crippen molar-refractivity contribution < 1.29 is 18.3 Å². The zero-order chi connectivity index (χ0) is 12.4. The van der Waals surface area contributed by atoms with Crippen molar-refractivity contribution in [2.75, 3.05) is 13.1 Å². The van der Waals surface area contributed by atoms with Crippen molar-refractivity contribution in [2.24, 2.45) is 0 Å². The number of carboxylic acids is 1. The first kappa shape index (κ1) is 12.1. The lowest BCUT2D eigenvalue weighted by Gasteiger charge is -2.28. The van der Waals surface area contributed by atoms with Gasteiger partial charge in [0.25, 0.3) is 0 Å². The summed E-state index contributed by atoms with van der Waals surface area (Å²) < 4.78 is 22.3. The Kier molecular flexibility index (Phi) is 3.44. The summed E-state index contributed by atoms with van der Waals surface area (Å²) in [5, 5.41) is 9.13. The third-order valence-electron chi connectivity index (χ3n) is 3.05. The van der Waals surface area contributed by atoms with Crippen molar-refractivity contribution in [1.29, 1.82) is 0 Å². The average molecular weight is 255 g/mol. The first-order valence-corrected chi connectivity index (χ1v) is 6.50. The fraction of sp³-hybridized carbons (Fsp3) is 0.455. The van der Waals surface area contributed by atoms with Crippen LogP contribution >= 0.6 is 0 Å². The summed E-state index contributed by atoms with van der Waals surface area (Å²) in [6.45, 7) is 1.48. The van der Waals surface area contributed by atoms with Crippen LogP contribution in [0.15, 0.2) is 23.8 Å². The molecule has 1 saturated heterocycles. The number of carbonyl (C=O) groups is 1. The zero-order valence-electron chi connectivity index (χ0n) is 9.17. The number of hydrogen-bond acceptors (Lipinski definition) is 4. The summed E-state index contributed by atoms with van der Waals surface area (Å²) >= 11 is 0. The van der Waals surface area contributed by atoms with Gasteiger partial charge >= 0.3 is 5.97 Å². The van der Waals surface area contributed by atoms with Crippen molar-refractivity contribution in [1.82, 2.24) is 4.90 Å². The molecule has 17 heavy (non-hydrogen) atoms. The summed E-state index contributed by atoms with van der Waals surface area (Å²) in [7, 11) is -2.38. The average Bonchev–Trinajstić information content (AvgIpc) is 2.80. The third kappa shape index (κ3) is 2.32. The van der Waals surface area contributed by atoms with E-state index in [1.54, 1.807) is 0 Å². The highest BCUT2D eigenvalue weighted by Crippen LogP contribution is 2.22. The highest BCUT2D eigenvalue weighted by atomic mass is 32.2. The zero-order valence-corrected chi connectivity index (χ0v) is 9.98. The minimum Gasteiger partial charge on any atom is -0.478 e. The molecule has 0 spiro atoms. The Hall–Kier alpha value is -1.40. The lowest BCUT2D eigenvalue weighted by Crippen LogP contribution is -2.43. The SMILES string of the molecule is O=C(O)C1=CC=CC(=S(=O)=O)C1N1CCCC1. The topological polar surface area (TPSA) is 74.7 Å². The van der Waals surface area contributed by atoms with Gasteiger partial charge < -0.3 is 5.11 Å². The second-order valence-corrected chi connectivity index (χ2v) is 5.01. The third-order valence-corrected chi connectivity index (χ3v) is 3.79. The van der Waals surface area contributed by atoms with E-state index in [0.717, 1.165) is 25.9 Å². The predicted octanol–water partition coefficient (Wildman–Crippen LogP) is 0.0831. The van der Waals surface area contributed by atoms with Gasteiger partial charge in [0, 0.05) is 0 Å². The van der Waals surface area contributed by atoms with E-state index in [-0.39, 0.29) is 10.4 Å². The summed E-state index contributed by atoms with van der Waals surface area (Å²) in [5.74, 6) is -1.06. The predicted molar refractivity (Wildman–Crippen MR) is 63.4 cm³/mol. The van der Waals surface area contributed by atoms with Gasteiger partial charge in [-0.2, -0.15) is 8.42 Å². The fourth-order valence-corrected chi connectivity index (χ4v) is 2.94. The Morgan fingerprint density at radius 2 is 2.00 bits per heavy atom. The highest BCUT2D eigenvalue weighted by Gasteiger charge is 2.33. The van der Waals surface area contributed by atoms with Crippen molar-refractivity contribution in [3.63, 3.8) is 0 Å². The molecule has 92 valence electrons. The lowest BCUT2D eigenvalue weighted by molar-refractivity contribution is -0.133. The van der Waals surface area contributed by atoms with Gasteiger partial charge in [0.05, 0.1) is 16.5 Å². The molecule has 0 aromatic rings. The Morgan fingerprint density at radius 1 is 1.35 bits per heavy atom. The van der Waals surface area contributed by atoms with Gasteiger partial charge in [0.1, 0.15) is 0 Å². The molecule has 2 rings (SSSR count). The fourth-order valence-electron chi connectivity index (χ4n) is 2.29. The molecule has 1 fully saturated rings. The van der Waals surface area contributed by atoms with E-state index in [2.05, 4.69) is 0 Å². The molecule has 1 aliphatic heterocycles. The van der Waals surface area contributed by atoms with Gasteiger partial charge in [-0.05, 0) is 38.1 Å². The maximum atomic E-state index is 11.2. The number of allylic oxidation sites excluding steroid dienone is 2. The van der Waals surface area contributed by atoms with Crippen LogP contribution in [0.3, 0.4) is 0 Å². The van der Waals surface area contributed by atoms with Crippen molar-refractivity contribution in [2.45, 2.75) is 18.9 Å². The van der Waals surface area contributed by atoms with Gasteiger partial charge in [-0.15, -0.1) is 0 Å². The van der Waals surface area contributed by atoms with Gasteiger partial charge in [0.2, 0.25) is 10.3 Å². The number of hydrogen-bond donors (Lipinski definition) is 1. The largest absolute Gasteiger partial charge is 0.478 e. The molecular formula is C11H13NO4S. The minimum atomic E-state index is -2.38.